The van der Waals surface area contributed by atoms with Gasteiger partial charge in [0.25, 0.3) is 5.91 Å². The van der Waals surface area contributed by atoms with Crippen molar-refractivity contribution in [3.63, 3.8) is 0 Å². The SMILES string of the molecule is COc1cc(-c2cncc(O)c2)cc(OC)c1CN1CCN(c2ccc(C(=O)NS(=O)(=O)CC34CC5CC(CC(C5)C3)C4)nn2)CC1. The van der Waals surface area contributed by atoms with Crippen molar-refractivity contribution in [1.29, 1.82) is 0 Å². The van der Waals surface area contributed by atoms with Gasteiger partial charge in [0.1, 0.15) is 17.2 Å². The standard InChI is InChI=1S/C34H42N6O6S/c1-45-30-13-25(26-12-27(41)19-35-18-26)14-31(46-2)28(30)20-39-5-7-40(8-6-39)32-4-3-29(36-37-32)33(42)38-47(43,44)21-34-15-22-9-23(16-34)11-24(10-22)17-34/h3-4,12-14,18-19,22-24,41H,5-11,15-17,20-21H2,1-2H3,(H,38,42). The topological polar surface area (TPSA) is 147 Å². The molecule has 2 aromatic heterocycles. The summed E-state index contributed by atoms with van der Waals surface area (Å²) in [6.07, 6.45) is 9.66. The number of benzene rings is 1. The van der Waals surface area contributed by atoms with Crippen LogP contribution in [0.5, 0.6) is 17.2 Å². The van der Waals surface area contributed by atoms with Crippen molar-refractivity contribution in [3.8, 4) is 28.4 Å². The van der Waals surface area contributed by atoms with Crippen LogP contribution in [0.2, 0.25) is 0 Å². The van der Waals surface area contributed by atoms with Gasteiger partial charge in [0.05, 0.1) is 31.7 Å². The summed E-state index contributed by atoms with van der Waals surface area (Å²) >= 11 is 0. The summed E-state index contributed by atoms with van der Waals surface area (Å²) in [6.45, 7) is 3.49. The molecule has 0 radical (unpaired) electrons. The van der Waals surface area contributed by atoms with Crippen molar-refractivity contribution >= 4 is 21.7 Å². The van der Waals surface area contributed by atoms with Crippen LogP contribution in [0.4, 0.5) is 5.82 Å². The van der Waals surface area contributed by atoms with Gasteiger partial charge in [-0.3, -0.25) is 14.7 Å². The summed E-state index contributed by atoms with van der Waals surface area (Å²) in [5.41, 5.74) is 2.31. The molecule has 1 aromatic carbocycles. The first-order valence-electron chi connectivity index (χ1n) is 16.4. The molecule has 1 amide bonds. The van der Waals surface area contributed by atoms with Crippen molar-refractivity contribution in [2.45, 2.75) is 45.1 Å². The van der Waals surface area contributed by atoms with E-state index in [1.165, 1.54) is 25.5 Å². The van der Waals surface area contributed by atoms with Crippen LogP contribution >= 0.6 is 0 Å². The predicted octanol–water partition coefficient (Wildman–Crippen LogP) is 3.86. The van der Waals surface area contributed by atoms with Gasteiger partial charge in [0.15, 0.2) is 11.5 Å². The number of nitrogens with one attached hydrogen (secondary N) is 1. The molecule has 8 rings (SSSR count). The lowest BCUT2D eigenvalue weighted by Crippen LogP contribution is -2.51. The van der Waals surface area contributed by atoms with Crippen molar-refractivity contribution in [2.24, 2.45) is 23.2 Å². The van der Waals surface area contributed by atoms with Crippen LogP contribution in [0.3, 0.4) is 0 Å². The van der Waals surface area contributed by atoms with E-state index >= 15 is 0 Å². The number of methoxy groups -OCH3 is 2. The van der Waals surface area contributed by atoms with Gasteiger partial charge in [0.2, 0.25) is 10.0 Å². The highest BCUT2D eigenvalue weighted by atomic mass is 32.2. The van der Waals surface area contributed by atoms with Gasteiger partial charge < -0.3 is 19.5 Å². The fourth-order valence-electron chi connectivity index (χ4n) is 8.97. The predicted molar refractivity (Wildman–Crippen MR) is 176 cm³/mol. The third-order valence-corrected chi connectivity index (χ3v) is 12.0. The van der Waals surface area contributed by atoms with Crippen LogP contribution in [0.1, 0.15) is 54.6 Å². The van der Waals surface area contributed by atoms with Crippen LogP contribution in [0.15, 0.2) is 42.7 Å². The molecule has 4 saturated carbocycles. The molecule has 0 unspecified atom stereocenters. The zero-order chi connectivity index (χ0) is 32.8. The van der Waals surface area contributed by atoms with E-state index in [1.54, 1.807) is 38.6 Å². The molecule has 5 aliphatic rings. The Morgan fingerprint density at radius 1 is 0.915 bits per heavy atom. The molecule has 2 N–H and O–H groups in total. The van der Waals surface area contributed by atoms with E-state index in [-0.39, 0.29) is 22.6 Å². The van der Waals surface area contributed by atoms with Crippen LogP contribution in [-0.4, -0.2) is 85.7 Å². The lowest BCUT2D eigenvalue weighted by molar-refractivity contribution is -0.0391. The van der Waals surface area contributed by atoms with Gasteiger partial charge in [-0.05, 0) is 97.6 Å². The minimum atomic E-state index is -3.80. The van der Waals surface area contributed by atoms with Gasteiger partial charge in [0, 0.05) is 44.5 Å². The number of amides is 1. The maximum Gasteiger partial charge on any atom is 0.285 e. The smallest absolute Gasteiger partial charge is 0.285 e. The van der Waals surface area contributed by atoms with Gasteiger partial charge >= 0.3 is 0 Å². The summed E-state index contributed by atoms with van der Waals surface area (Å²) in [6, 6.07) is 8.76. The first-order chi connectivity index (χ1) is 22.6. The molecular formula is C34H42N6O6S. The molecule has 1 saturated heterocycles. The van der Waals surface area contributed by atoms with E-state index in [0.29, 0.717) is 54.7 Å². The van der Waals surface area contributed by atoms with Gasteiger partial charge in [-0.25, -0.2) is 13.1 Å². The molecule has 5 fully saturated rings. The fourth-order valence-corrected chi connectivity index (χ4v) is 10.6. The van der Waals surface area contributed by atoms with Gasteiger partial charge in [-0.2, -0.15) is 0 Å². The number of carbonyl (C=O) groups is 1. The molecule has 12 nitrogen and oxygen atoms in total. The lowest BCUT2D eigenvalue weighted by Gasteiger charge is -2.56. The first-order valence-corrected chi connectivity index (χ1v) is 18.0. The molecule has 0 atom stereocenters. The van der Waals surface area contributed by atoms with E-state index in [1.807, 2.05) is 12.1 Å². The maximum absolute atomic E-state index is 13.1. The Labute approximate surface area is 275 Å². The van der Waals surface area contributed by atoms with Crippen LogP contribution < -0.4 is 19.1 Å². The first kappa shape index (κ1) is 31.6. The summed E-state index contributed by atoms with van der Waals surface area (Å²) in [5, 5.41) is 18.3. The quantitative estimate of drug-likeness (QED) is 0.326. The monoisotopic (exact) mass is 662 g/mol. The minimum absolute atomic E-state index is 0.00870. The Morgan fingerprint density at radius 3 is 2.11 bits per heavy atom. The minimum Gasteiger partial charge on any atom is -0.506 e. The lowest BCUT2D eigenvalue weighted by atomic mass is 9.50. The van der Waals surface area contributed by atoms with E-state index in [0.717, 1.165) is 49.0 Å². The summed E-state index contributed by atoms with van der Waals surface area (Å²) in [5.74, 6) is 3.29. The number of ether oxygens (including phenoxy) is 2. The third kappa shape index (κ3) is 6.73. The van der Waals surface area contributed by atoms with E-state index in [9.17, 15) is 18.3 Å². The Morgan fingerprint density at radius 2 is 1.55 bits per heavy atom. The number of hydrogen-bond donors (Lipinski definition) is 2. The Kier molecular flexibility index (Phi) is 8.46. The second-order valence-corrected chi connectivity index (χ2v) is 15.7. The van der Waals surface area contributed by atoms with Crippen molar-refractivity contribution in [3.05, 3.63) is 54.0 Å². The van der Waals surface area contributed by atoms with E-state index in [2.05, 4.69) is 29.7 Å². The third-order valence-electron chi connectivity index (χ3n) is 10.5. The second-order valence-electron chi connectivity index (χ2n) is 13.9. The average Bonchev–Trinajstić information content (AvgIpc) is 3.04. The Bertz CT molecular complexity index is 1680. The number of nitrogens with zero attached hydrogens (tertiary/aromatic N) is 5. The molecule has 1 aliphatic heterocycles. The molecule has 3 heterocycles. The number of pyridine rings is 1. The molecule has 47 heavy (non-hydrogen) atoms. The van der Waals surface area contributed by atoms with Crippen molar-refractivity contribution < 1.29 is 27.8 Å². The zero-order valence-corrected chi connectivity index (χ0v) is 27.7. The van der Waals surface area contributed by atoms with E-state index in [4.69, 9.17) is 9.47 Å². The number of rotatable bonds is 10. The molecule has 250 valence electrons. The molecule has 13 heteroatoms. The normalized spacial score (nSPS) is 25.5. The Balaban J connectivity index is 0.950. The van der Waals surface area contributed by atoms with Crippen LogP contribution in [-0.2, 0) is 16.6 Å². The van der Waals surface area contributed by atoms with Gasteiger partial charge in [-0.15, -0.1) is 10.2 Å². The Hall–Kier alpha value is -3.97. The molecule has 0 spiro atoms. The molecular weight excluding hydrogens is 620 g/mol. The number of aromatic hydroxyl groups is 1. The molecule has 4 aliphatic carbocycles. The number of anilines is 1. The van der Waals surface area contributed by atoms with Gasteiger partial charge in [-0.1, -0.05) is 0 Å². The molecule has 4 bridgehead atoms. The zero-order valence-electron chi connectivity index (χ0n) is 26.9. The van der Waals surface area contributed by atoms with Crippen LogP contribution in [0.25, 0.3) is 11.1 Å². The highest BCUT2D eigenvalue weighted by molar-refractivity contribution is 7.90. The number of carbonyl (C=O) groups excluding carboxylic acids is 1. The summed E-state index contributed by atoms with van der Waals surface area (Å²) in [4.78, 5) is 21.4. The second kappa shape index (κ2) is 12.6. The summed E-state index contributed by atoms with van der Waals surface area (Å²) in [7, 11) is -0.543. The van der Waals surface area contributed by atoms with Crippen LogP contribution in [0, 0.1) is 23.2 Å². The average molecular weight is 663 g/mol. The van der Waals surface area contributed by atoms with Crippen molar-refractivity contribution in [1.82, 2.24) is 24.8 Å². The summed E-state index contributed by atoms with van der Waals surface area (Å²) < 4.78 is 40.0. The van der Waals surface area contributed by atoms with E-state index < -0.39 is 15.9 Å². The number of hydrogen-bond acceptors (Lipinski definition) is 11. The largest absolute Gasteiger partial charge is 0.506 e. The highest BCUT2D eigenvalue weighted by Crippen LogP contribution is 2.60. The number of sulfonamides is 1. The fraction of sp³-hybridized carbons (Fsp3) is 0.529. The molecule has 3 aromatic rings. The number of piperazine rings is 1. The van der Waals surface area contributed by atoms with Crippen molar-refractivity contribution in [2.75, 3.05) is 51.1 Å². The highest BCUT2D eigenvalue weighted by Gasteiger charge is 2.52. The maximum atomic E-state index is 13.1. The number of aromatic nitrogens is 3.